The average Bonchev–Trinajstić information content (AvgIpc) is 2.15. The average molecular weight is 241 g/mol. The number of piperazine rings is 1. The predicted molar refractivity (Wildman–Crippen MR) is 53.7 cm³/mol. The molecule has 1 aliphatic heterocycles. The van der Waals surface area contributed by atoms with E-state index in [1.54, 1.807) is 4.90 Å². The number of halogens is 1. The lowest BCUT2D eigenvalue weighted by atomic mass is 10.3. The molecule has 1 aliphatic rings. The van der Waals surface area contributed by atoms with Crippen molar-refractivity contribution in [1.82, 2.24) is 9.21 Å². The maximum Gasteiger partial charge on any atom is 0.237 e. The van der Waals surface area contributed by atoms with Crippen molar-refractivity contribution in [3.8, 4) is 0 Å². The van der Waals surface area contributed by atoms with Crippen molar-refractivity contribution in [3.05, 3.63) is 0 Å². The second-order valence-electron chi connectivity index (χ2n) is 3.18. The maximum atomic E-state index is 11.1. The molecule has 1 rings (SSSR count). The zero-order chi connectivity index (χ0) is 10.8. The van der Waals surface area contributed by atoms with Crippen LogP contribution >= 0.6 is 11.6 Å². The van der Waals surface area contributed by atoms with Gasteiger partial charge in [-0.25, -0.2) is 8.42 Å². The summed E-state index contributed by atoms with van der Waals surface area (Å²) >= 11 is 5.39. The molecule has 0 radical (unpaired) electrons. The number of hydrogen-bond acceptors (Lipinski definition) is 3. The second-order valence-corrected chi connectivity index (χ2v) is 5.43. The van der Waals surface area contributed by atoms with Crippen LogP contribution < -0.4 is 0 Å². The van der Waals surface area contributed by atoms with Crippen LogP contribution in [-0.2, 0) is 14.8 Å². The van der Waals surface area contributed by atoms with Gasteiger partial charge in [0.1, 0.15) is 5.88 Å². The van der Waals surface area contributed by atoms with E-state index in [4.69, 9.17) is 11.6 Å². The molecule has 0 bridgehead atoms. The molecular weight excluding hydrogens is 228 g/mol. The molecule has 0 N–H and O–H groups in total. The Labute approximate surface area is 88.7 Å². The molecule has 0 saturated carbocycles. The SMILES string of the molecule is CS(=O)(=O)N1CCN(C(=O)CCl)CC1. The summed E-state index contributed by atoms with van der Waals surface area (Å²) < 4.78 is 23.6. The molecule has 1 heterocycles. The Morgan fingerprint density at radius 2 is 1.79 bits per heavy atom. The minimum Gasteiger partial charge on any atom is -0.339 e. The Morgan fingerprint density at radius 3 is 2.14 bits per heavy atom. The van der Waals surface area contributed by atoms with Gasteiger partial charge in [0.05, 0.1) is 6.26 Å². The molecule has 5 nitrogen and oxygen atoms in total. The van der Waals surface area contributed by atoms with Crippen LogP contribution in [0.1, 0.15) is 0 Å². The molecular formula is C7H13ClN2O3S. The van der Waals surface area contributed by atoms with Crippen molar-refractivity contribution in [2.75, 3.05) is 38.3 Å². The molecule has 0 unspecified atom stereocenters. The molecule has 1 saturated heterocycles. The van der Waals surface area contributed by atoms with Crippen LogP contribution in [0.5, 0.6) is 0 Å². The number of rotatable bonds is 2. The Morgan fingerprint density at radius 1 is 1.29 bits per heavy atom. The summed E-state index contributed by atoms with van der Waals surface area (Å²) in [6, 6.07) is 0. The zero-order valence-electron chi connectivity index (χ0n) is 7.94. The van der Waals surface area contributed by atoms with Crippen molar-refractivity contribution in [2.24, 2.45) is 0 Å². The van der Waals surface area contributed by atoms with E-state index in [0.29, 0.717) is 26.2 Å². The van der Waals surface area contributed by atoms with Crippen LogP contribution in [0.4, 0.5) is 0 Å². The summed E-state index contributed by atoms with van der Waals surface area (Å²) in [6.45, 7) is 1.58. The summed E-state index contributed by atoms with van der Waals surface area (Å²) in [6.07, 6.45) is 1.17. The Kier molecular flexibility index (Phi) is 3.74. The summed E-state index contributed by atoms with van der Waals surface area (Å²) in [4.78, 5) is 12.7. The monoisotopic (exact) mass is 240 g/mol. The third kappa shape index (κ3) is 2.83. The van der Waals surface area contributed by atoms with E-state index in [2.05, 4.69) is 0 Å². The van der Waals surface area contributed by atoms with Gasteiger partial charge < -0.3 is 4.90 Å². The van der Waals surface area contributed by atoms with E-state index in [0.717, 1.165) is 0 Å². The molecule has 1 fully saturated rings. The quantitative estimate of drug-likeness (QED) is 0.602. The van der Waals surface area contributed by atoms with Crippen molar-refractivity contribution in [2.45, 2.75) is 0 Å². The molecule has 7 heteroatoms. The smallest absolute Gasteiger partial charge is 0.237 e. The lowest BCUT2D eigenvalue weighted by molar-refractivity contribution is -0.129. The highest BCUT2D eigenvalue weighted by molar-refractivity contribution is 7.88. The van der Waals surface area contributed by atoms with Crippen LogP contribution in [0.2, 0.25) is 0 Å². The fourth-order valence-corrected chi connectivity index (χ4v) is 2.35. The van der Waals surface area contributed by atoms with E-state index in [1.807, 2.05) is 0 Å². The number of nitrogens with zero attached hydrogens (tertiary/aromatic N) is 2. The minimum absolute atomic E-state index is 0.0428. The minimum atomic E-state index is -3.12. The normalized spacial score (nSPS) is 19.7. The van der Waals surface area contributed by atoms with E-state index < -0.39 is 10.0 Å². The number of carbonyl (C=O) groups is 1. The lowest BCUT2D eigenvalue weighted by Gasteiger charge is -2.32. The first-order valence-corrected chi connectivity index (χ1v) is 6.62. The largest absolute Gasteiger partial charge is 0.339 e. The molecule has 0 atom stereocenters. The molecule has 0 aromatic rings. The van der Waals surface area contributed by atoms with Crippen molar-refractivity contribution in [3.63, 3.8) is 0 Å². The lowest BCUT2D eigenvalue weighted by Crippen LogP contribution is -2.50. The number of hydrogen-bond donors (Lipinski definition) is 0. The van der Waals surface area contributed by atoms with Gasteiger partial charge in [-0.1, -0.05) is 0 Å². The fourth-order valence-electron chi connectivity index (χ4n) is 1.35. The van der Waals surface area contributed by atoms with Gasteiger partial charge in [-0.2, -0.15) is 4.31 Å². The molecule has 14 heavy (non-hydrogen) atoms. The van der Waals surface area contributed by atoms with Crippen LogP contribution in [0, 0.1) is 0 Å². The molecule has 0 aromatic heterocycles. The Balaban J connectivity index is 2.51. The zero-order valence-corrected chi connectivity index (χ0v) is 9.51. The highest BCUT2D eigenvalue weighted by Crippen LogP contribution is 2.06. The van der Waals surface area contributed by atoms with Gasteiger partial charge in [-0.15, -0.1) is 11.6 Å². The summed E-state index contributed by atoms with van der Waals surface area (Å²) in [5, 5.41) is 0. The van der Waals surface area contributed by atoms with E-state index in [1.165, 1.54) is 10.6 Å². The first kappa shape index (κ1) is 11.7. The van der Waals surface area contributed by atoms with Gasteiger partial charge in [0, 0.05) is 26.2 Å². The van der Waals surface area contributed by atoms with E-state index in [-0.39, 0.29) is 11.8 Å². The first-order valence-electron chi connectivity index (χ1n) is 4.24. The third-order valence-corrected chi connectivity index (χ3v) is 3.71. The molecule has 0 spiro atoms. The Hall–Kier alpha value is -0.330. The molecule has 0 aliphatic carbocycles. The van der Waals surface area contributed by atoms with Gasteiger partial charge in [0.25, 0.3) is 0 Å². The highest BCUT2D eigenvalue weighted by atomic mass is 35.5. The van der Waals surface area contributed by atoms with Crippen LogP contribution in [0.15, 0.2) is 0 Å². The number of sulfonamides is 1. The van der Waals surface area contributed by atoms with E-state index >= 15 is 0 Å². The van der Waals surface area contributed by atoms with Crippen molar-refractivity contribution >= 4 is 27.5 Å². The van der Waals surface area contributed by atoms with Gasteiger partial charge in [-0.3, -0.25) is 4.79 Å². The van der Waals surface area contributed by atoms with Crippen molar-refractivity contribution in [1.29, 1.82) is 0 Å². The molecule has 0 aromatic carbocycles. The summed E-state index contributed by atoms with van der Waals surface area (Å²) in [7, 11) is -3.12. The van der Waals surface area contributed by atoms with Gasteiger partial charge in [0.15, 0.2) is 0 Å². The van der Waals surface area contributed by atoms with Crippen LogP contribution in [-0.4, -0.2) is 61.8 Å². The summed E-state index contributed by atoms with van der Waals surface area (Å²) in [5.74, 6) is -0.182. The van der Waals surface area contributed by atoms with Crippen LogP contribution in [0.3, 0.4) is 0 Å². The standard InChI is InChI=1S/C7H13ClN2O3S/c1-14(12,13)10-4-2-9(3-5-10)7(11)6-8/h2-6H2,1H3. The highest BCUT2D eigenvalue weighted by Gasteiger charge is 2.25. The van der Waals surface area contributed by atoms with Crippen LogP contribution in [0.25, 0.3) is 0 Å². The maximum absolute atomic E-state index is 11.1. The second kappa shape index (κ2) is 4.46. The summed E-state index contributed by atoms with van der Waals surface area (Å²) in [5.41, 5.74) is 0. The Bertz CT molecular complexity index is 309. The van der Waals surface area contributed by atoms with Gasteiger partial charge in [-0.05, 0) is 0 Å². The third-order valence-electron chi connectivity index (χ3n) is 2.17. The fraction of sp³-hybridized carbons (Fsp3) is 0.857. The van der Waals surface area contributed by atoms with Gasteiger partial charge >= 0.3 is 0 Å². The van der Waals surface area contributed by atoms with Gasteiger partial charge in [0.2, 0.25) is 15.9 Å². The van der Waals surface area contributed by atoms with E-state index in [9.17, 15) is 13.2 Å². The number of carbonyl (C=O) groups excluding carboxylic acids is 1. The molecule has 82 valence electrons. The topological polar surface area (TPSA) is 57.7 Å². The predicted octanol–water partition coefficient (Wildman–Crippen LogP) is -0.671. The van der Waals surface area contributed by atoms with Crippen molar-refractivity contribution < 1.29 is 13.2 Å². The number of amides is 1. The number of alkyl halides is 1. The molecule has 1 amide bonds. The first-order chi connectivity index (χ1) is 6.45.